The maximum absolute atomic E-state index is 5.68. The summed E-state index contributed by atoms with van der Waals surface area (Å²) in [5, 5.41) is 0. The molecule has 0 aliphatic carbocycles. The number of hydrogen-bond donors (Lipinski definition) is 1. The van der Waals surface area contributed by atoms with Crippen LogP contribution in [-0.2, 0) is 0 Å². The lowest BCUT2D eigenvalue weighted by Gasteiger charge is -2.04. The Kier molecular flexibility index (Phi) is 1.69. The van der Waals surface area contributed by atoms with E-state index in [0.717, 1.165) is 11.3 Å². The van der Waals surface area contributed by atoms with Crippen LogP contribution in [0.15, 0.2) is 18.6 Å². The van der Waals surface area contributed by atoms with E-state index in [0.29, 0.717) is 11.7 Å². The lowest BCUT2D eigenvalue weighted by molar-refractivity contribution is 0.807. The van der Waals surface area contributed by atoms with Crippen LogP contribution in [0.3, 0.4) is 0 Å². The van der Waals surface area contributed by atoms with Crippen molar-refractivity contribution in [3.63, 3.8) is 0 Å². The summed E-state index contributed by atoms with van der Waals surface area (Å²) in [6, 6.07) is 0. The first-order chi connectivity index (χ1) is 6.20. The Bertz CT molecular complexity index is 430. The van der Waals surface area contributed by atoms with Gasteiger partial charge in [-0.2, -0.15) is 0 Å². The molecule has 0 fully saturated rings. The molecule has 4 nitrogen and oxygen atoms in total. The number of fused-ring (bicyclic) bond motifs is 1. The van der Waals surface area contributed by atoms with E-state index < -0.39 is 0 Å². The lowest BCUT2D eigenvalue weighted by atomic mass is 10.1. The summed E-state index contributed by atoms with van der Waals surface area (Å²) >= 11 is 0. The van der Waals surface area contributed by atoms with E-state index in [1.54, 1.807) is 6.20 Å². The fourth-order valence-corrected chi connectivity index (χ4v) is 1.39. The predicted octanol–water partition coefficient (Wildman–Crippen LogP) is 1.43. The molecule has 0 radical (unpaired) electrons. The summed E-state index contributed by atoms with van der Waals surface area (Å²) < 4.78 is 1.98. The fourth-order valence-electron chi connectivity index (χ4n) is 1.39. The molecule has 2 N–H and O–H groups in total. The highest BCUT2D eigenvalue weighted by atomic mass is 15.1. The van der Waals surface area contributed by atoms with Crippen LogP contribution < -0.4 is 5.73 Å². The highest BCUT2D eigenvalue weighted by Gasteiger charge is 2.08. The Morgan fingerprint density at radius 2 is 2.15 bits per heavy atom. The largest absolute Gasteiger partial charge is 0.381 e. The van der Waals surface area contributed by atoms with Crippen molar-refractivity contribution in [2.24, 2.45) is 0 Å². The summed E-state index contributed by atoms with van der Waals surface area (Å²) in [6.45, 7) is 4.25. The van der Waals surface area contributed by atoms with Crippen LogP contribution in [-0.4, -0.2) is 14.4 Å². The van der Waals surface area contributed by atoms with E-state index in [4.69, 9.17) is 5.73 Å². The van der Waals surface area contributed by atoms with Gasteiger partial charge in [-0.3, -0.25) is 4.40 Å². The van der Waals surface area contributed by atoms with Crippen LogP contribution in [0, 0.1) is 0 Å². The van der Waals surface area contributed by atoms with Crippen LogP contribution in [0.2, 0.25) is 0 Å². The first-order valence-corrected chi connectivity index (χ1v) is 4.27. The Labute approximate surface area is 76.4 Å². The third kappa shape index (κ3) is 1.14. The Morgan fingerprint density at radius 1 is 1.38 bits per heavy atom. The van der Waals surface area contributed by atoms with Crippen LogP contribution in [0.5, 0.6) is 0 Å². The van der Waals surface area contributed by atoms with Crippen molar-refractivity contribution in [1.29, 1.82) is 0 Å². The number of rotatable bonds is 1. The smallest absolute Gasteiger partial charge is 0.180 e. The standard InChI is InChI=1S/C9H12N4/c1-6(2)7-5-12-9-8(10)11-3-4-13(7)9/h3-6H,1-2H3,(H2,10,11). The molecule has 2 rings (SSSR count). The molecule has 0 saturated carbocycles. The molecule has 0 aliphatic rings. The van der Waals surface area contributed by atoms with Crippen molar-refractivity contribution in [2.45, 2.75) is 19.8 Å². The number of nitrogen functional groups attached to an aromatic ring is 1. The van der Waals surface area contributed by atoms with Gasteiger partial charge in [-0.1, -0.05) is 13.8 Å². The molecule has 4 heteroatoms. The molecule has 2 aromatic heterocycles. The van der Waals surface area contributed by atoms with Gasteiger partial charge < -0.3 is 5.73 Å². The Balaban J connectivity index is 2.75. The first-order valence-electron chi connectivity index (χ1n) is 4.27. The molecule has 0 aliphatic heterocycles. The first kappa shape index (κ1) is 8.04. The molecule has 0 amide bonds. The van der Waals surface area contributed by atoms with Crippen molar-refractivity contribution in [3.05, 3.63) is 24.3 Å². The van der Waals surface area contributed by atoms with E-state index >= 15 is 0 Å². The quantitative estimate of drug-likeness (QED) is 0.715. The summed E-state index contributed by atoms with van der Waals surface area (Å²) in [7, 11) is 0. The van der Waals surface area contributed by atoms with E-state index in [2.05, 4.69) is 23.8 Å². The SMILES string of the molecule is CC(C)c1cnc2c(N)nccn12. The monoisotopic (exact) mass is 176 g/mol. The van der Waals surface area contributed by atoms with Gasteiger partial charge in [0, 0.05) is 24.3 Å². The molecule has 0 bridgehead atoms. The van der Waals surface area contributed by atoms with Gasteiger partial charge in [0.15, 0.2) is 11.5 Å². The van der Waals surface area contributed by atoms with Crippen LogP contribution in [0.25, 0.3) is 5.65 Å². The maximum atomic E-state index is 5.68. The molecule has 0 saturated heterocycles. The number of imidazole rings is 1. The molecule has 2 heterocycles. The fraction of sp³-hybridized carbons (Fsp3) is 0.333. The molecule has 0 aromatic carbocycles. The summed E-state index contributed by atoms with van der Waals surface area (Å²) in [5.74, 6) is 0.922. The van der Waals surface area contributed by atoms with Crippen LogP contribution >= 0.6 is 0 Å². The van der Waals surface area contributed by atoms with Gasteiger partial charge in [-0.05, 0) is 5.92 Å². The molecule has 0 spiro atoms. The number of nitrogens with two attached hydrogens (primary N) is 1. The second-order valence-electron chi connectivity index (χ2n) is 3.34. The minimum absolute atomic E-state index is 0.441. The second-order valence-corrected chi connectivity index (χ2v) is 3.34. The van der Waals surface area contributed by atoms with Gasteiger partial charge in [-0.15, -0.1) is 0 Å². The normalized spacial score (nSPS) is 11.3. The van der Waals surface area contributed by atoms with E-state index in [1.165, 1.54) is 0 Å². The van der Waals surface area contributed by atoms with Crippen LogP contribution in [0.4, 0.5) is 5.82 Å². The molecule has 13 heavy (non-hydrogen) atoms. The van der Waals surface area contributed by atoms with E-state index in [9.17, 15) is 0 Å². The average molecular weight is 176 g/mol. The molecule has 0 unspecified atom stereocenters. The number of anilines is 1. The minimum Gasteiger partial charge on any atom is -0.381 e. The van der Waals surface area contributed by atoms with Crippen molar-refractivity contribution in [1.82, 2.24) is 14.4 Å². The third-order valence-corrected chi connectivity index (χ3v) is 2.08. The molecular weight excluding hydrogens is 164 g/mol. The molecule has 2 aromatic rings. The zero-order valence-corrected chi connectivity index (χ0v) is 7.73. The zero-order chi connectivity index (χ0) is 9.42. The van der Waals surface area contributed by atoms with Gasteiger partial charge in [0.1, 0.15) is 0 Å². The molecule has 68 valence electrons. The molecular formula is C9H12N4. The van der Waals surface area contributed by atoms with Crippen LogP contribution in [0.1, 0.15) is 25.5 Å². The highest BCUT2D eigenvalue weighted by molar-refractivity contribution is 5.59. The van der Waals surface area contributed by atoms with Crippen molar-refractivity contribution >= 4 is 11.5 Å². The summed E-state index contributed by atoms with van der Waals surface area (Å²) in [6.07, 6.45) is 5.42. The lowest BCUT2D eigenvalue weighted by Crippen LogP contribution is -1.99. The van der Waals surface area contributed by atoms with E-state index in [-0.39, 0.29) is 0 Å². The maximum Gasteiger partial charge on any atom is 0.180 e. The average Bonchev–Trinajstić information content (AvgIpc) is 2.48. The highest BCUT2D eigenvalue weighted by Crippen LogP contribution is 2.17. The molecule has 0 atom stereocenters. The van der Waals surface area contributed by atoms with Crippen molar-refractivity contribution < 1.29 is 0 Å². The van der Waals surface area contributed by atoms with Gasteiger partial charge in [0.25, 0.3) is 0 Å². The zero-order valence-electron chi connectivity index (χ0n) is 7.73. The number of hydrogen-bond acceptors (Lipinski definition) is 3. The number of nitrogens with zero attached hydrogens (tertiary/aromatic N) is 3. The topological polar surface area (TPSA) is 56.2 Å². The second kappa shape index (κ2) is 2.73. The summed E-state index contributed by atoms with van der Waals surface area (Å²) in [5.41, 5.74) is 7.57. The van der Waals surface area contributed by atoms with Crippen molar-refractivity contribution in [3.8, 4) is 0 Å². The Morgan fingerprint density at radius 3 is 2.85 bits per heavy atom. The van der Waals surface area contributed by atoms with E-state index in [1.807, 2.05) is 16.8 Å². The summed E-state index contributed by atoms with van der Waals surface area (Å²) in [4.78, 5) is 8.19. The third-order valence-electron chi connectivity index (χ3n) is 2.08. The Hall–Kier alpha value is -1.58. The number of aromatic nitrogens is 3. The minimum atomic E-state index is 0.441. The van der Waals surface area contributed by atoms with Gasteiger partial charge in [0.2, 0.25) is 0 Å². The van der Waals surface area contributed by atoms with Gasteiger partial charge >= 0.3 is 0 Å². The van der Waals surface area contributed by atoms with Gasteiger partial charge in [-0.25, -0.2) is 9.97 Å². The van der Waals surface area contributed by atoms with Gasteiger partial charge in [0.05, 0.1) is 0 Å². The van der Waals surface area contributed by atoms with Crippen molar-refractivity contribution in [2.75, 3.05) is 5.73 Å². The predicted molar refractivity (Wildman–Crippen MR) is 51.5 cm³/mol.